The Kier molecular flexibility index (Phi) is 5.75. The van der Waals surface area contributed by atoms with Gasteiger partial charge in [0, 0.05) is 8.95 Å². The number of nitrogens with one attached hydrogen (secondary N) is 1. The summed E-state index contributed by atoms with van der Waals surface area (Å²) >= 11 is 6.80. The van der Waals surface area contributed by atoms with E-state index in [4.69, 9.17) is 0 Å². The van der Waals surface area contributed by atoms with E-state index in [1.165, 1.54) is 6.07 Å². The van der Waals surface area contributed by atoms with Crippen molar-refractivity contribution in [1.29, 1.82) is 0 Å². The first-order chi connectivity index (χ1) is 9.60. The fourth-order valence-electron chi connectivity index (χ4n) is 2.11. The van der Waals surface area contributed by atoms with E-state index in [1.54, 1.807) is 6.07 Å². The molecule has 106 valence electrons. The zero-order valence-electron chi connectivity index (χ0n) is 11.2. The Bertz CT molecular complexity index is 549. The second-order valence-electron chi connectivity index (χ2n) is 4.64. The molecule has 0 aliphatic heterocycles. The van der Waals surface area contributed by atoms with Crippen molar-refractivity contribution in [2.24, 2.45) is 0 Å². The van der Waals surface area contributed by atoms with Crippen LogP contribution in [0.3, 0.4) is 0 Å². The van der Waals surface area contributed by atoms with Crippen LogP contribution in [-0.4, -0.2) is 6.54 Å². The number of hydrogen-bond donors (Lipinski definition) is 1. The maximum Gasteiger partial charge on any atom is 0.124 e. The van der Waals surface area contributed by atoms with E-state index >= 15 is 0 Å². The second kappa shape index (κ2) is 7.34. The molecule has 0 amide bonds. The summed E-state index contributed by atoms with van der Waals surface area (Å²) in [4.78, 5) is 0. The fraction of sp³-hybridized carbons (Fsp3) is 0.250. The molecule has 1 unspecified atom stereocenters. The van der Waals surface area contributed by atoms with Gasteiger partial charge in [0.25, 0.3) is 0 Å². The molecule has 2 aromatic carbocycles. The van der Waals surface area contributed by atoms with Crippen molar-refractivity contribution in [3.8, 4) is 0 Å². The summed E-state index contributed by atoms with van der Waals surface area (Å²) in [7, 11) is 0. The van der Waals surface area contributed by atoms with Crippen molar-refractivity contribution in [3.05, 3.63) is 68.4 Å². The van der Waals surface area contributed by atoms with Crippen molar-refractivity contribution in [2.45, 2.75) is 19.4 Å². The van der Waals surface area contributed by atoms with Gasteiger partial charge in [-0.05, 0) is 54.4 Å². The number of benzene rings is 2. The van der Waals surface area contributed by atoms with Crippen molar-refractivity contribution in [3.63, 3.8) is 0 Å². The lowest BCUT2D eigenvalue weighted by molar-refractivity contribution is 0.585. The van der Waals surface area contributed by atoms with Gasteiger partial charge in [-0.25, -0.2) is 4.39 Å². The van der Waals surface area contributed by atoms with Gasteiger partial charge < -0.3 is 5.32 Å². The molecule has 0 aliphatic carbocycles. The van der Waals surface area contributed by atoms with Gasteiger partial charge in [0.05, 0.1) is 6.04 Å². The van der Waals surface area contributed by atoms with Gasteiger partial charge in [-0.3, -0.25) is 0 Å². The van der Waals surface area contributed by atoms with E-state index < -0.39 is 0 Å². The molecule has 0 spiro atoms. The molecule has 1 N–H and O–H groups in total. The van der Waals surface area contributed by atoms with E-state index in [0.717, 1.165) is 33.0 Å². The van der Waals surface area contributed by atoms with Gasteiger partial charge in [-0.1, -0.05) is 50.9 Å². The van der Waals surface area contributed by atoms with Crippen LogP contribution in [0, 0.1) is 5.82 Å². The van der Waals surface area contributed by atoms with Crippen LogP contribution in [0.4, 0.5) is 4.39 Å². The SMILES string of the molecule is CCCNC(c1ccc(Br)cc1)c1cc(F)cc(Br)c1. The molecule has 1 atom stereocenters. The maximum atomic E-state index is 13.6. The van der Waals surface area contributed by atoms with Crippen molar-refractivity contribution >= 4 is 31.9 Å². The zero-order valence-corrected chi connectivity index (χ0v) is 14.3. The standard InChI is InChI=1S/C16H16Br2FN/c1-2-7-20-16(11-3-5-13(17)6-4-11)12-8-14(18)10-15(19)9-12/h3-6,8-10,16,20H,2,7H2,1H3. The first-order valence-electron chi connectivity index (χ1n) is 6.55. The third-order valence-corrected chi connectivity index (χ3v) is 4.01. The Morgan fingerprint density at radius 2 is 1.70 bits per heavy atom. The topological polar surface area (TPSA) is 12.0 Å². The average Bonchev–Trinajstić information content (AvgIpc) is 2.40. The van der Waals surface area contributed by atoms with Crippen LogP contribution in [-0.2, 0) is 0 Å². The predicted octanol–water partition coefficient (Wildman–Crippen LogP) is 5.44. The molecule has 20 heavy (non-hydrogen) atoms. The summed E-state index contributed by atoms with van der Waals surface area (Å²) in [5.41, 5.74) is 2.05. The first-order valence-corrected chi connectivity index (χ1v) is 8.13. The molecule has 0 fully saturated rings. The van der Waals surface area contributed by atoms with Gasteiger partial charge in [0.2, 0.25) is 0 Å². The fourth-order valence-corrected chi connectivity index (χ4v) is 2.86. The maximum absolute atomic E-state index is 13.6. The first kappa shape index (κ1) is 15.7. The molecular weight excluding hydrogens is 385 g/mol. The third-order valence-electron chi connectivity index (χ3n) is 3.02. The van der Waals surface area contributed by atoms with Crippen LogP contribution in [0.5, 0.6) is 0 Å². The lowest BCUT2D eigenvalue weighted by Gasteiger charge is -2.20. The number of halogens is 3. The zero-order chi connectivity index (χ0) is 14.5. The highest BCUT2D eigenvalue weighted by Gasteiger charge is 2.14. The largest absolute Gasteiger partial charge is 0.306 e. The summed E-state index contributed by atoms with van der Waals surface area (Å²) in [6, 6.07) is 13.1. The van der Waals surface area contributed by atoms with Crippen molar-refractivity contribution in [1.82, 2.24) is 5.32 Å². The molecule has 4 heteroatoms. The van der Waals surface area contributed by atoms with Crippen LogP contribution in [0.15, 0.2) is 51.4 Å². The Labute approximate surface area is 135 Å². The van der Waals surface area contributed by atoms with Crippen LogP contribution in [0.1, 0.15) is 30.5 Å². The lowest BCUT2D eigenvalue weighted by atomic mass is 9.98. The molecule has 2 aromatic rings. The molecule has 0 aromatic heterocycles. The Balaban J connectivity index is 2.38. The highest BCUT2D eigenvalue weighted by molar-refractivity contribution is 9.10. The molecule has 2 rings (SSSR count). The summed E-state index contributed by atoms with van der Waals surface area (Å²) in [6.45, 7) is 3.00. The molecule has 1 nitrogen and oxygen atoms in total. The highest BCUT2D eigenvalue weighted by Crippen LogP contribution is 2.27. The van der Waals surface area contributed by atoms with Gasteiger partial charge in [0.15, 0.2) is 0 Å². The Morgan fingerprint density at radius 1 is 1.00 bits per heavy atom. The monoisotopic (exact) mass is 399 g/mol. The summed E-state index contributed by atoms with van der Waals surface area (Å²) in [5, 5.41) is 3.47. The van der Waals surface area contributed by atoms with Crippen molar-refractivity contribution in [2.75, 3.05) is 6.54 Å². The molecular formula is C16H16Br2FN. The summed E-state index contributed by atoms with van der Waals surface area (Å²) in [6.07, 6.45) is 1.03. The highest BCUT2D eigenvalue weighted by atomic mass is 79.9. The van der Waals surface area contributed by atoms with Crippen LogP contribution in [0.25, 0.3) is 0 Å². The second-order valence-corrected chi connectivity index (χ2v) is 6.47. The van der Waals surface area contributed by atoms with E-state index in [9.17, 15) is 4.39 Å². The van der Waals surface area contributed by atoms with Crippen LogP contribution < -0.4 is 5.32 Å². The van der Waals surface area contributed by atoms with Crippen molar-refractivity contribution < 1.29 is 4.39 Å². The predicted molar refractivity (Wildman–Crippen MR) is 88.4 cm³/mol. The average molecular weight is 401 g/mol. The van der Waals surface area contributed by atoms with Crippen LogP contribution in [0.2, 0.25) is 0 Å². The van der Waals surface area contributed by atoms with Gasteiger partial charge in [0.1, 0.15) is 5.82 Å². The third kappa shape index (κ3) is 4.14. The molecule has 0 saturated heterocycles. The smallest absolute Gasteiger partial charge is 0.124 e. The summed E-state index contributed by atoms with van der Waals surface area (Å²) in [5.74, 6) is -0.227. The quantitative estimate of drug-likeness (QED) is 0.704. The van der Waals surface area contributed by atoms with E-state index in [-0.39, 0.29) is 11.9 Å². The van der Waals surface area contributed by atoms with Gasteiger partial charge in [-0.15, -0.1) is 0 Å². The normalized spacial score (nSPS) is 12.4. The minimum absolute atomic E-state index is 0.00458. The summed E-state index contributed by atoms with van der Waals surface area (Å²) < 4.78 is 15.4. The lowest BCUT2D eigenvalue weighted by Crippen LogP contribution is -2.23. The number of rotatable bonds is 5. The molecule has 0 bridgehead atoms. The molecule has 0 aliphatic rings. The Morgan fingerprint density at radius 3 is 2.30 bits per heavy atom. The van der Waals surface area contributed by atoms with Gasteiger partial charge in [-0.2, -0.15) is 0 Å². The van der Waals surface area contributed by atoms with Crippen LogP contribution >= 0.6 is 31.9 Å². The number of hydrogen-bond acceptors (Lipinski definition) is 1. The minimum Gasteiger partial charge on any atom is -0.306 e. The van der Waals surface area contributed by atoms with E-state index in [2.05, 4.69) is 56.2 Å². The van der Waals surface area contributed by atoms with E-state index in [1.807, 2.05) is 18.2 Å². The minimum atomic E-state index is -0.227. The Hall–Kier alpha value is -0.710. The molecule has 0 radical (unpaired) electrons. The van der Waals surface area contributed by atoms with E-state index in [0.29, 0.717) is 0 Å². The molecule has 0 saturated carbocycles. The molecule has 0 heterocycles. The van der Waals surface area contributed by atoms with Gasteiger partial charge >= 0.3 is 0 Å².